The van der Waals surface area contributed by atoms with Crippen molar-refractivity contribution in [3.63, 3.8) is 0 Å². The molecule has 0 atom stereocenters. The van der Waals surface area contributed by atoms with Crippen LogP contribution in [0.5, 0.6) is 0 Å². The molecule has 0 saturated heterocycles. The largest absolute Gasteiger partial charge is 0.324 e. The van der Waals surface area contributed by atoms with Gasteiger partial charge in [-0.25, -0.2) is 0 Å². The number of rotatable bonds is 2. The molecule has 0 spiro atoms. The highest BCUT2D eigenvalue weighted by Crippen LogP contribution is 2.27. The summed E-state index contributed by atoms with van der Waals surface area (Å²) in [4.78, 5) is 12.0. The highest BCUT2D eigenvalue weighted by molar-refractivity contribution is 7.08. The normalized spacial score (nSPS) is 19.8. The Morgan fingerprint density at radius 1 is 1.40 bits per heavy atom. The molecule has 1 aliphatic rings. The zero-order valence-electron chi connectivity index (χ0n) is 8.66. The van der Waals surface area contributed by atoms with Crippen molar-refractivity contribution >= 4 is 22.9 Å². The third kappa shape index (κ3) is 2.38. The second kappa shape index (κ2) is 4.33. The summed E-state index contributed by atoms with van der Waals surface area (Å²) in [5, 5.41) is 6.74. The van der Waals surface area contributed by atoms with E-state index in [-0.39, 0.29) is 5.91 Å². The molecule has 1 aliphatic carbocycles. The fourth-order valence-electron chi connectivity index (χ4n) is 2.00. The van der Waals surface area contributed by atoms with E-state index in [2.05, 4.69) is 5.32 Å². The lowest BCUT2D eigenvalue weighted by Crippen LogP contribution is -2.52. The predicted molar refractivity (Wildman–Crippen MR) is 63.0 cm³/mol. The van der Waals surface area contributed by atoms with Gasteiger partial charge in [0, 0.05) is 5.38 Å². The average Bonchev–Trinajstić information content (AvgIpc) is 2.71. The first kappa shape index (κ1) is 10.6. The lowest BCUT2D eigenvalue weighted by molar-refractivity contribution is -0.122. The third-order valence-corrected chi connectivity index (χ3v) is 3.66. The Hall–Kier alpha value is -0.870. The van der Waals surface area contributed by atoms with Gasteiger partial charge >= 0.3 is 0 Å². The maximum atomic E-state index is 12.0. The van der Waals surface area contributed by atoms with Gasteiger partial charge in [-0.2, -0.15) is 11.3 Å². The van der Waals surface area contributed by atoms with Crippen LogP contribution in [0.2, 0.25) is 0 Å². The Morgan fingerprint density at radius 2 is 2.13 bits per heavy atom. The molecule has 1 aromatic heterocycles. The molecule has 4 heteroatoms. The Kier molecular flexibility index (Phi) is 3.07. The van der Waals surface area contributed by atoms with E-state index in [4.69, 9.17) is 5.73 Å². The van der Waals surface area contributed by atoms with Crippen LogP contribution in [0, 0.1) is 0 Å². The minimum absolute atomic E-state index is 0.0272. The van der Waals surface area contributed by atoms with Crippen molar-refractivity contribution in [3.8, 4) is 0 Å². The van der Waals surface area contributed by atoms with Gasteiger partial charge in [-0.3, -0.25) is 4.79 Å². The molecule has 3 nitrogen and oxygen atoms in total. The van der Waals surface area contributed by atoms with Crippen molar-refractivity contribution < 1.29 is 4.79 Å². The van der Waals surface area contributed by atoms with Crippen LogP contribution >= 0.6 is 11.3 Å². The summed E-state index contributed by atoms with van der Waals surface area (Å²) in [5.41, 5.74) is 6.33. The first-order valence-electron chi connectivity index (χ1n) is 5.33. The zero-order valence-corrected chi connectivity index (χ0v) is 9.48. The van der Waals surface area contributed by atoms with E-state index >= 15 is 0 Å². The van der Waals surface area contributed by atoms with Crippen LogP contribution in [0.4, 0.5) is 5.69 Å². The summed E-state index contributed by atoms with van der Waals surface area (Å²) in [6.07, 6.45) is 4.94. The van der Waals surface area contributed by atoms with Gasteiger partial charge in [0.15, 0.2) is 0 Å². The molecule has 0 aliphatic heterocycles. The molecule has 3 N–H and O–H groups in total. The molecule has 1 amide bonds. The minimum atomic E-state index is -0.639. The number of hydrogen-bond acceptors (Lipinski definition) is 3. The van der Waals surface area contributed by atoms with Crippen molar-refractivity contribution in [1.82, 2.24) is 0 Å². The van der Waals surface area contributed by atoms with Gasteiger partial charge in [-0.05, 0) is 24.3 Å². The van der Waals surface area contributed by atoms with Crippen molar-refractivity contribution in [3.05, 3.63) is 16.8 Å². The van der Waals surface area contributed by atoms with Gasteiger partial charge in [-0.15, -0.1) is 0 Å². The topological polar surface area (TPSA) is 55.1 Å². The second-order valence-corrected chi connectivity index (χ2v) is 4.96. The zero-order chi connectivity index (χ0) is 10.7. The molecular weight excluding hydrogens is 208 g/mol. The molecule has 1 heterocycles. The Labute approximate surface area is 93.7 Å². The van der Waals surface area contributed by atoms with Crippen LogP contribution in [0.15, 0.2) is 16.8 Å². The van der Waals surface area contributed by atoms with E-state index in [0.29, 0.717) is 0 Å². The minimum Gasteiger partial charge on any atom is -0.324 e. The lowest BCUT2D eigenvalue weighted by atomic mass is 9.82. The van der Waals surface area contributed by atoms with Gasteiger partial charge in [0.25, 0.3) is 0 Å². The number of thiophene rings is 1. The molecule has 0 bridgehead atoms. The van der Waals surface area contributed by atoms with E-state index in [9.17, 15) is 4.79 Å². The molecule has 15 heavy (non-hydrogen) atoms. The van der Waals surface area contributed by atoms with Crippen LogP contribution in [-0.4, -0.2) is 11.4 Å². The Bertz CT molecular complexity index is 328. The van der Waals surface area contributed by atoms with Crippen LogP contribution in [-0.2, 0) is 4.79 Å². The number of nitrogens with one attached hydrogen (secondary N) is 1. The molecule has 1 aromatic rings. The second-order valence-electron chi connectivity index (χ2n) is 4.18. The van der Waals surface area contributed by atoms with E-state index in [1.165, 1.54) is 6.42 Å². The molecule has 82 valence electrons. The molecule has 0 unspecified atom stereocenters. The summed E-state index contributed by atoms with van der Waals surface area (Å²) in [7, 11) is 0. The number of amides is 1. The van der Waals surface area contributed by atoms with E-state index in [0.717, 1.165) is 31.4 Å². The smallest absolute Gasteiger partial charge is 0.244 e. The Balaban J connectivity index is 2.00. The van der Waals surface area contributed by atoms with Crippen molar-refractivity contribution in [2.45, 2.75) is 37.6 Å². The van der Waals surface area contributed by atoms with E-state index < -0.39 is 5.54 Å². The lowest BCUT2D eigenvalue weighted by Gasteiger charge is -2.31. The number of anilines is 1. The number of carbonyl (C=O) groups excluding carboxylic acids is 1. The fourth-order valence-corrected chi connectivity index (χ4v) is 2.59. The summed E-state index contributed by atoms with van der Waals surface area (Å²) in [6, 6.07) is 1.90. The summed E-state index contributed by atoms with van der Waals surface area (Å²) in [6.45, 7) is 0. The number of carbonyl (C=O) groups is 1. The standard InChI is InChI=1S/C11H16N2OS/c12-11(5-2-1-3-6-11)10(14)13-9-4-7-15-8-9/h4,7-8H,1-3,5-6,12H2,(H,13,14). The van der Waals surface area contributed by atoms with Crippen LogP contribution < -0.4 is 11.1 Å². The molecular formula is C11H16N2OS. The van der Waals surface area contributed by atoms with Crippen LogP contribution in [0.1, 0.15) is 32.1 Å². The molecule has 0 radical (unpaired) electrons. The van der Waals surface area contributed by atoms with Crippen molar-refractivity contribution in [2.24, 2.45) is 5.73 Å². The summed E-state index contributed by atoms with van der Waals surface area (Å²) in [5.74, 6) is -0.0272. The maximum Gasteiger partial charge on any atom is 0.244 e. The van der Waals surface area contributed by atoms with Gasteiger partial charge in [0.05, 0.1) is 11.2 Å². The number of hydrogen-bond donors (Lipinski definition) is 2. The SMILES string of the molecule is NC1(C(=O)Nc2ccsc2)CCCCC1. The highest BCUT2D eigenvalue weighted by Gasteiger charge is 2.35. The van der Waals surface area contributed by atoms with Gasteiger partial charge < -0.3 is 11.1 Å². The average molecular weight is 224 g/mol. The molecule has 0 aromatic carbocycles. The third-order valence-electron chi connectivity index (χ3n) is 2.98. The molecule has 2 rings (SSSR count). The van der Waals surface area contributed by atoms with Crippen LogP contribution in [0.25, 0.3) is 0 Å². The van der Waals surface area contributed by atoms with Crippen LogP contribution in [0.3, 0.4) is 0 Å². The summed E-state index contributed by atoms with van der Waals surface area (Å²) >= 11 is 1.57. The van der Waals surface area contributed by atoms with E-state index in [1.54, 1.807) is 11.3 Å². The highest BCUT2D eigenvalue weighted by atomic mass is 32.1. The molecule has 1 saturated carbocycles. The predicted octanol–water partition coefficient (Wildman–Crippen LogP) is 2.35. The van der Waals surface area contributed by atoms with Gasteiger partial charge in [-0.1, -0.05) is 19.3 Å². The van der Waals surface area contributed by atoms with Gasteiger partial charge in [0.2, 0.25) is 5.91 Å². The van der Waals surface area contributed by atoms with Crippen molar-refractivity contribution in [1.29, 1.82) is 0 Å². The first-order chi connectivity index (χ1) is 7.21. The number of nitrogens with two attached hydrogens (primary N) is 1. The van der Waals surface area contributed by atoms with E-state index in [1.807, 2.05) is 16.8 Å². The Morgan fingerprint density at radius 3 is 2.73 bits per heavy atom. The fraction of sp³-hybridized carbons (Fsp3) is 0.545. The quantitative estimate of drug-likeness (QED) is 0.810. The van der Waals surface area contributed by atoms with Crippen molar-refractivity contribution in [2.75, 3.05) is 5.32 Å². The van der Waals surface area contributed by atoms with Gasteiger partial charge in [0.1, 0.15) is 0 Å². The maximum absolute atomic E-state index is 12.0. The summed E-state index contributed by atoms with van der Waals surface area (Å²) < 4.78 is 0. The monoisotopic (exact) mass is 224 g/mol. The first-order valence-corrected chi connectivity index (χ1v) is 6.27. The molecule has 1 fully saturated rings.